The highest BCUT2D eigenvalue weighted by Gasteiger charge is 2.58. The molecule has 134 valence electrons. The lowest BCUT2D eigenvalue weighted by Crippen LogP contribution is -2.50. The Kier molecular flexibility index (Phi) is 4.11. The summed E-state index contributed by atoms with van der Waals surface area (Å²) in [5.41, 5.74) is 6.17. The largest absolute Gasteiger partial charge is 0.365 e. The van der Waals surface area contributed by atoms with Gasteiger partial charge in [-0.25, -0.2) is 4.98 Å². The molecule has 0 aromatic carbocycles. The maximum Gasteiger partial charge on any atom is 0.252 e. The number of carbonyl (C=O) groups is 2. The quantitative estimate of drug-likeness (QED) is 0.819. The van der Waals surface area contributed by atoms with Gasteiger partial charge in [-0.05, 0) is 49.9 Å². The Morgan fingerprint density at radius 1 is 1.20 bits per heavy atom. The van der Waals surface area contributed by atoms with Gasteiger partial charge < -0.3 is 20.9 Å². The van der Waals surface area contributed by atoms with Crippen LogP contribution in [0.2, 0.25) is 0 Å². The first-order chi connectivity index (χ1) is 12.1. The minimum absolute atomic E-state index is 0.220. The Hall–Kier alpha value is -2.15. The molecule has 2 aliphatic heterocycles. The van der Waals surface area contributed by atoms with E-state index in [4.69, 9.17) is 5.73 Å². The molecule has 1 spiro atoms. The van der Waals surface area contributed by atoms with Crippen LogP contribution in [0.5, 0.6) is 0 Å². The van der Waals surface area contributed by atoms with Gasteiger partial charge in [0.2, 0.25) is 5.91 Å². The van der Waals surface area contributed by atoms with Crippen LogP contribution in [0.4, 0.5) is 5.82 Å². The number of piperazine rings is 1. The number of primary amides is 1. The first-order valence-electron chi connectivity index (χ1n) is 9.10. The molecule has 0 radical (unpaired) electrons. The summed E-state index contributed by atoms with van der Waals surface area (Å²) in [5.74, 6) is 0.700. The Labute approximate surface area is 147 Å². The number of amides is 2. The Balaban J connectivity index is 1.38. The number of anilines is 1. The van der Waals surface area contributed by atoms with Crippen LogP contribution >= 0.6 is 0 Å². The normalized spacial score (nSPS) is 25.0. The van der Waals surface area contributed by atoms with E-state index in [1.165, 1.54) is 0 Å². The molecule has 3 aliphatic rings. The highest BCUT2D eigenvalue weighted by molar-refractivity contribution is 5.97. The summed E-state index contributed by atoms with van der Waals surface area (Å²) < 4.78 is 0. The lowest BCUT2D eigenvalue weighted by Gasteiger charge is -2.36. The predicted octanol–water partition coefficient (Wildman–Crippen LogP) is 0.219. The number of carbonyl (C=O) groups excluding carboxylic acids is 2. The van der Waals surface area contributed by atoms with Gasteiger partial charge in [-0.1, -0.05) is 0 Å². The lowest BCUT2D eigenvalue weighted by atomic mass is 9.91. The molecule has 4 rings (SSSR count). The van der Waals surface area contributed by atoms with Crippen molar-refractivity contribution >= 4 is 17.6 Å². The number of hydrogen-bond donors (Lipinski definition) is 2. The van der Waals surface area contributed by atoms with Gasteiger partial charge in [-0.15, -0.1) is 0 Å². The van der Waals surface area contributed by atoms with Gasteiger partial charge >= 0.3 is 0 Å². The summed E-state index contributed by atoms with van der Waals surface area (Å²) in [7, 11) is 0. The number of nitrogens with one attached hydrogen (secondary N) is 1. The van der Waals surface area contributed by atoms with Gasteiger partial charge in [0.1, 0.15) is 5.82 Å². The summed E-state index contributed by atoms with van der Waals surface area (Å²) in [6.07, 6.45) is 4.97. The molecule has 3 heterocycles. The number of rotatable bonds is 3. The Morgan fingerprint density at radius 2 is 1.92 bits per heavy atom. The third kappa shape index (κ3) is 2.97. The molecular weight excluding hydrogens is 318 g/mol. The van der Waals surface area contributed by atoms with Crippen molar-refractivity contribution in [1.29, 1.82) is 0 Å². The third-order valence-electron chi connectivity index (χ3n) is 6.03. The van der Waals surface area contributed by atoms with Crippen LogP contribution in [-0.4, -0.2) is 61.0 Å². The molecule has 7 nitrogen and oxygen atoms in total. The average Bonchev–Trinajstić information content (AvgIpc) is 3.34. The zero-order valence-electron chi connectivity index (χ0n) is 14.4. The monoisotopic (exact) mass is 343 g/mol. The standard InChI is InChI=1S/C18H25N5O2/c19-15(24)13-2-1-5-21-16(13)22-8-10-23(11-9-22)17(25)14-12-18(14)3-6-20-7-4-18/h1-2,5,14,20H,3-4,6-12H2,(H2,19,24)/t14-/m1/s1. The molecular formula is C18H25N5O2. The van der Waals surface area contributed by atoms with Crippen LogP contribution in [-0.2, 0) is 4.79 Å². The zero-order chi connectivity index (χ0) is 17.4. The average molecular weight is 343 g/mol. The van der Waals surface area contributed by atoms with E-state index in [0.29, 0.717) is 43.5 Å². The van der Waals surface area contributed by atoms with Gasteiger partial charge in [0.05, 0.1) is 5.56 Å². The van der Waals surface area contributed by atoms with E-state index in [2.05, 4.69) is 15.2 Å². The van der Waals surface area contributed by atoms with E-state index < -0.39 is 5.91 Å². The first kappa shape index (κ1) is 16.3. The zero-order valence-corrected chi connectivity index (χ0v) is 14.4. The molecule has 1 aliphatic carbocycles. The van der Waals surface area contributed by atoms with Crippen molar-refractivity contribution < 1.29 is 9.59 Å². The molecule has 1 aromatic heterocycles. The number of nitrogens with zero attached hydrogens (tertiary/aromatic N) is 3. The van der Waals surface area contributed by atoms with Gasteiger partial charge in [-0.3, -0.25) is 9.59 Å². The van der Waals surface area contributed by atoms with E-state index in [1.54, 1.807) is 18.3 Å². The highest BCUT2D eigenvalue weighted by atomic mass is 16.2. The smallest absolute Gasteiger partial charge is 0.252 e. The van der Waals surface area contributed by atoms with E-state index in [1.807, 2.05) is 4.90 Å². The van der Waals surface area contributed by atoms with Crippen molar-refractivity contribution in [3.8, 4) is 0 Å². The van der Waals surface area contributed by atoms with Crippen molar-refractivity contribution in [1.82, 2.24) is 15.2 Å². The number of nitrogens with two attached hydrogens (primary N) is 1. The van der Waals surface area contributed by atoms with Gasteiger partial charge in [0.15, 0.2) is 0 Å². The number of hydrogen-bond acceptors (Lipinski definition) is 5. The molecule has 0 unspecified atom stereocenters. The summed E-state index contributed by atoms with van der Waals surface area (Å²) in [6.45, 7) is 4.80. The molecule has 1 saturated carbocycles. The minimum Gasteiger partial charge on any atom is -0.365 e. The Bertz CT molecular complexity index is 678. The maximum absolute atomic E-state index is 12.8. The van der Waals surface area contributed by atoms with E-state index >= 15 is 0 Å². The fraction of sp³-hybridized carbons (Fsp3) is 0.611. The van der Waals surface area contributed by atoms with Crippen molar-refractivity contribution in [3.63, 3.8) is 0 Å². The van der Waals surface area contributed by atoms with Gasteiger partial charge in [0.25, 0.3) is 5.91 Å². The summed E-state index contributed by atoms with van der Waals surface area (Å²) in [6, 6.07) is 3.42. The second-order valence-corrected chi connectivity index (χ2v) is 7.42. The number of piperidine rings is 1. The molecule has 3 fully saturated rings. The number of pyridine rings is 1. The molecule has 2 saturated heterocycles. The van der Waals surface area contributed by atoms with Crippen LogP contribution in [0.25, 0.3) is 0 Å². The number of aromatic nitrogens is 1. The Morgan fingerprint density at radius 3 is 2.60 bits per heavy atom. The highest BCUT2D eigenvalue weighted by Crippen LogP contribution is 2.59. The topological polar surface area (TPSA) is 91.6 Å². The van der Waals surface area contributed by atoms with Crippen LogP contribution in [0.1, 0.15) is 29.6 Å². The second-order valence-electron chi connectivity index (χ2n) is 7.42. The maximum atomic E-state index is 12.8. The van der Waals surface area contributed by atoms with Crippen LogP contribution in [0, 0.1) is 11.3 Å². The fourth-order valence-electron chi connectivity index (χ4n) is 4.37. The van der Waals surface area contributed by atoms with Crippen LogP contribution < -0.4 is 16.0 Å². The van der Waals surface area contributed by atoms with Crippen molar-refractivity contribution in [3.05, 3.63) is 23.9 Å². The molecule has 25 heavy (non-hydrogen) atoms. The van der Waals surface area contributed by atoms with Gasteiger partial charge in [-0.2, -0.15) is 0 Å². The van der Waals surface area contributed by atoms with Gasteiger partial charge in [0, 0.05) is 38.3 Å². The van der Waals surface area contributed by atoms with E-state index in [0.717, 1.165) is 32.4 Å². The summed E-state index contributed by atoms with van der Waals surface area (Å²) >= 11 is 0. The SMILES string of the molecule is NC(=O)c1cccnc1N1CCN(C(=O)[C@H]2CC23CCNCC3)CC1. The van der Waals surface area contributed by atoms with Crippen molar-refractivity contribution in [2.45, 2.75) is 19.3 Å². The predicted molar refractivity (Wildman–Crippen MR) is 94.2 cm³/mol. The van der Waals surface area contributed by atoms with Crippen LogP contribution in [0.15, 0.2) is 18.3 Å². The second kappa shape index (κ2) is 6.29. The summed E-state index contributed by atoms with van der Waals surface area (Å²) in [4.78, 5) is 32.8. The molecule has 2 amide bonds. The summed E-state index contributed by atoms with van der Waals surface area (Å²) in [5, 5.41) is 3.38. The van der Waals surface area contributed by atoms with Crippen molar-refractivity contribution in [2.24, 2.45) is 17.1 Å². The lowest BCUT2D eigenvalue weighted by molar-refractivity contribution is -0.133. The third-order valence-corrected chi connectivity index (χ3v) is 6.03. The first-order valence-corrected chi connectivity index (χ1v) is 9.10. The van der Waals surface area contributed by atoms with Crippen molar-refractivity contribution in [2.75, 3.05) is 44.2 Å². The fourth-order valence-corrected chi connectivity index (χ4v) is 4.37. The molecule has 1 atom stereocenters. The van der Waals surface area contributed by atoms with Crippen LogP contribution in [0.3, 0.4) is 0 Å². The van der Waals surface area contributed by atoms with E-state index in [-0.39, 0.29) is 11.3 Å². The molecule has 3 N–H and O–H groups in total. The molecule has 0 bridgehead atoms. The molecule has 1 aromatic rings. The molecule has 7 heteroatoms. The minimum atomic E-state index is -0.465. The van der Waals surface area contributed by atoms with E-state index in [9.17, 15) is 9.59 Å².